The maximum atomic E-state index is 10.0. The number of aryl methyl sites for hydroxylation is 2. The number of benzene rings is 2. The Hall–Kier alpha value is -2.55. The maximum absolute atomic E-state index is 10.0. The van der Waals surface area contributed by atoms with Gasteiger partial charge in [-0.3, -0.25) is 0 Å². The van der Waals surface area contributed by atoms with Crippen LogP contribution in [0, 0.1) is 20.8 Å². The molecule has 0 fully saturated rings. The first-order valence-electron chi connectivity index (χ1n) is 6.99. The van der Waals surface area contributed by atoms with Crippen molar-refractivity contribution in [3.05, 3.63) is 65.2 Å². The van der Waals surface area contributed by atoms with Crippen molar-refractivity contribution in [1.29, 1.82) is 0 Å². The topological polar surface area (TPSA) is 38.1 Å². The van der Waals surface area contributed by atoms with Crippen LogP contribution < -0.4 is 0 Å². The lowest BCUT2D eigenvalue weighted by atomic mass is 10.1. The molecule has 3 heteroatoms. The van der Waals surface area contributed by atoms with Gasteiger partial charge in [0, 0.05) is 11.1 Å². The van der Waals surface area contributed by atoms with E-state index in [-0.39, 0.29) is 5.88 Å². The predicted molar refractivity (Wildman–Crippen MR) is 84.9 cm³/mol. The quantitative estimate of drug-likeness (QED) is 0.764. The highest BCUT2D eigenvalue weighted by atomic mass is 16.3. The highest BCUT2D eigenvalue weighted by Crippen LogP contribution is 2.31. The minimum atomic E-state index is 0.0751. The molecule has 1 heterocycles. The minimum absolute atomic E-state index is 0.0751. The molecule has 1 N–H and O–H groups in total. The fourth-order valence-electron chi connectivity index (χ4n) is 2.41. The van der Waals surface area contributed by atoms with Gasteiger partial charge in [-0.25, -0.2) is 4.68 Å². The molecule has 0 saturated heterocycles. The molecular formula is C18H18N2O. The highest BCUT2D eigenvalue weighted by Gasteiger charge is 2.16. The first kappa shape index (κ1) is 13.4. The summed E-state index contributed by atoms with van der Waals surface area (Å²) in [7, 11) is 0. The van der Waals surface area contributed by atoms with Crippen LogP contribution in [0.4, 0.5) is 0 Å². The van der Waals surface area contributed by atoms with Gasteiger partial charge in [-0.05, 0) is 32.9 Å². The van der Waals surface area contributed by atoms with Crippen molar-refractivity contribution in [1.82, 2.24) is 9.78 Å². The molecule has 0 unspecified atom stereocenters. The first-order valence-corrected chi connectivity index (χ1v) is 6.99. The number of aromatic hydroxyl groups is 1. The predicted octanol–water partition coefficient (Wildman–Crippen LogP) is 4.17. The van der Waals surface area contributed by atoms with Crippen molar-refractivity contribution in [2.45, 2.75) is 20.8 Å². The van der Waals surface area contributed by atoms with Gasteiger partial charge in [0.25, 0.3) is 0 Å². The van der Waals surface area contributed by atoms with Gasteiger partial charge in [0.1, 0.15) is 0 Å². The van der Waals surface area contributed by atoms with E-state index in [2.05, 4.69) is 43.2 Å². The van der Waals surface area contributed by atoms with E-state index in [9.17, 15) is 5.11 Å². The van der Waals surface area contributed by atoms with Crippen LogP contribution >= 0.6 is 0 Å². The SMILES string of the molecule is Cc1ccc(-c2c(C)c(O)nn2-c2ccc(C)cc2)cc1. The van der Waals surface area contributed by atoms with Crippen molar-refractivity contribution in [3.63, 3.8) is 0 Å². The first-order chi connectivity index (χ1) is 10.1. The Balaban J connectivity index is 2.20. The van der Waals surface area contributed by atoms with Gasteiger partial charge in [-0.1, -0.05) is 47.5 Å². The second-order valence-electron chi connectivity index (χ2n) is 5.41. The largest absolute Gasteiger partial charge is 0.492 e. The van der Waals surface area contributed by atoms with Gasteiger partial charge in [0.05, 0.1) is 11.4 Å². The van der Waals surface area contributed by atoms with Crippen molar-refractivity contribution >= 4 is 0 Å². The monoisotopic (exact) mass is 278 g/mol. The van der Waals surface area contributed by atoms with Crippen molar-refractivity contribution in [2.75, 3.05) is 0 Å². The van der Waals surface area contributed by atoms with Gasteiger partial charge in [-0.2, -0.15) is 0 Å². The van der Waals surface area contributed by atoms with E-state index in [1.807, 2.05) is 31.2 Å². The number of hydrogen-bond donors (Lipinski definition) is 1. The Labute approximate surface area is 124 Å². The van der Waals surface area contributed by atoms with Crippen molar-refractivity contribution < 1.29 is 5.11 Å². The smallest absolute Gasteiger partial charge is 0.234 e. The second-order valence-corrected chi connectivity index (χ2v) is 5.41. The molecule has 0 saturated carbocycles. The fraction of sp³-hybridized carbons (Fsp3) is 0.167. The molecule has 3 nitrogen and oxygen atoms in total. The molecule has 0 bridgehead atoms. The van der Waals surface area contributed by atoms with Gasteiger partial charge < -0.3 is 5.11 Å². The molecular weight excluding hydrogens is 260 g/mol. The number of aromatic nitrogens is 2. The molecule has 0 spiro atoms. The molecule has 0 aliphatic carbocycles. The molecule has 21 heavy (non-hydrogen) atoms. The van der Waals surface area contributed by atoms with Crippen LogP contribution in [0.2, 0.25) is 0 Å². The molecule has 3 aromatic rings. The summed E-state index contributed by atoms with van der Waals surface area (Å²) in [4.78, 5) is 0. The lowest BCUT2D eigenvalue weighted by Gasteiger charge is -2.09. The Bertz CT molecular complexity index is 768. The van der Waals surface area contributed by atoms with Crippen molar-refractivity contribution in [3.8, 4) is 22.8 Å². The third-order valence-electron chi connectivity index (χ3n) is 3.70. The van der Waals surface area contributed by atoms with Gasteiger partial charge in [-0.15, -0.1) is 5.10 Å². The summed E-state index contributed by atoms with van der Waals surface area (Å²) in [6, 6.07) is 16.4. The number of hydrogen-bond acceptors (Lipinski definition) is 2. The summed E-state index contributed by atoms with van der Waals surface area (Å²) < 4.78 is 1.80. The van der Waals surface area contributed by atoms with E-state index in [1.54, 1.807) is 4.68 Å². The molecule has 0 amide bonds. The summed E-state index contributed by atoms with van der Waals surface area (Å²) in [6.07, 6.45) is 0. The van der Waals surface area contributed by atoms with Crippen LogP contribution in [0.5, 0.6) is 5.88 Å². The maximum Gasteiger partial charge on any atom is 0.234 e. The van der Waals surface area contributed by atoms with Gasteiger partial charge in [0.15, 0.2) is 0 Å². The number of nitrogens with zero attached hydrogens (tertiary/aromatic N) is 2. The Morgan fingerprint density at radius 2 is 1.33 bits per heavy atom. The van der Waals surface area contributed by atoms with Crippen LogP contribution in [0.1, 0.15) is 16.7 Å². The van der Waals surface area contributed by atoms with E-state index in [0.29, 0.717) is 0 Å². The van der Waals surface area contributed by atoms with E-state index >= 15 is 0 Å². The standard InChI is InChI=1S/C18H18N2O/c1-12-4-8-15(9-5-12)17-14(3)18(21)19-20(17)16-10-6-13(2)7-11-16/h4-11H,1-3H3,(H,19,21). The molecule has 0 aliphatic heterocycles. The Kier molecular flexibility index (Phi) is 3.26. The zero-order valence-electron chi connectivity index (χ0n) is 12.5. The second kappa shape index (κ2) is 5.09. The molecule has 3 rings (SSSR count). The average molecular weight is 278 g/mol. The molecule has 0 aliphatic rings. The van der Waals surface area contributed by atoms with Gasteiger partial charge >= 0.3 is 0 Å². The average Bonchev–Trinajstić information content (AvgIpc) is 2.77. The third kappa shape index (κ3) is 2.42. The summed E-state index contributed by atoms with van der Waals surface area (Å²) >= 11 is 0. The zero-order chi connectivity index (χ0) is 15.0. The summed E-state index contributed by atoms with van der Waals surface area (Å²) in [6.45, 7) is 6.00. The van der Waals surface area contributed by atoms with E-state index < -0.39 is 0 Å². The molecule has 1 aromatic heterocycles. The third-order valence-corrected chi connectivity index (χ3v) is 3.70. The summed E-state index contributed by atoms with van der Waals surface area (Å²) in [5.74, 6) is 0.0751. The summed E-state index contributed by atoms with van der Waals surface area (Å²) in [5.41, 5.74) is 6.12. The normalized spacial score (nSPS) is 10.8. The highest BCUT2D eigenvalue weighted by molar-refractivity contribution is 5.68. The lowest BCUT2D eigenvalue weighted by molar-refractivity contribution is 0.444. The molecule has 0 atom stereocenters. The molecule has 2 aromatic carbocycles. The van der Waals surface area contributed by atoms with Crippen LogP contribution in [0.25, 0.3) is 16.9 Å². The Morgan fingerprint density at radius 1 is 0.810 bits per heavy atom. The molecule has 106 valence electrons. The fourth-order valence-corrected chi connectivity index (χ4v) is 2.41. The minimum Gasteiger partial charge on any atom is -0.492 e. The van der Waals surface area contributed by atoms with E-state index in [4.69, 9.17) is 0 Å². The zero-order valence-corrected chi connectivity index (χ0v) is 12.5. The van der Waals surface area contributed by atoms with Crippen LogP contribution in [-0.2, 0) is 0 Å². The van der Waals surface area contributed by atoms with E-state index in [1.165, 1.54) is 11.1 Å². The number of rotatable bonds is 2. The van der Waals surface area contributed by atoms with E-state index in [0.717, 1.165) is 22.5 Å². The van der Waals surface area contributed by atoms with Crippen LogP contribution in [-0.4, -0.2) is 14.9 Å². The molecule has 0 radical (unpaired) electrons. The van der Waals surface area contributed by atoms with Crippen molar-refractivity contribution in [2.24, 2.45) is 0 Å². The van der Waals surface area contributed by atoms with Crippen LogP contribution in [0.15, 0.2) is 48.5 Å². The van der Waals surface area contributed by atoms with Gasteiger partial charge in [0.2, 0.25) is 5.88 Å². The van der Waals surface area contributed by atoms with Crippen LogP contribution in [0.3, 0.4) is 0 Å². The lowest BCUT2D eigenvalue weighted by Crippen LogP contribution is -1.99. The summed E-state index contributed by atoms with van der Waals surface area (Å²) in [5, 5.41) is 14.3. The Morgan fingerprint density at radius 3 is 1.90 bits per heavy atom.